The summed E-state index contributed by atoms with van der Waals surface area (Å²) in [6.45, 7) is 13.8. The molecule has 0 saturated carbocycles. The summed E-state index contributed by atoms with van der Waals surface area (Å²) in [6.07, 6.45) is 3.20. The first-order valence-corrected chi connectivity index (χ1v) is 25.6. The lowest BCUT2D eigenvalue weighted by Gasteiger charge is -2.43. The highest BCUT2D eigenvalue weighted by Gasteiger charge is 2.44. The van der Waals surface area contributed by atoms with Gasteiger partial charge in [-0.15, -0.1) is 11.3 Å². The fourth-order valence-corrected chi connectivity index (χ4v) is 11.3. The number of thiazole rings is 1. The molecule has 2 heterocycles. The zero-order valence-corrected chi connectivity index (χ0v) is 43.5. The predicted molar refractivity (Wildman–Crippen MR) is 276 cm³/mol. The average molecular weight is 981 g/mol. The van der Waals surface area contributed by atoms with Gasteiger partial charge in [-0.2, -0.15) is 0 Å². The molecule has 8 atom stereocenters. The number of methoxy groups -OCH3 is 2. The monoisotopic (exact) mass is 980 g/mol. The lowest BCUT2D eigenvalue weighted by Crippen LogP contribution is -2.62. The van der Waals surface area contributed by atoms with E-state index in [1.54, 1.807) is 31.8 Å². The summed E-state index contributed by atoms with van der Waals surface area (Å²) in [5, 5.41) is 11.8. The van der Waals surface area contributed by atoms with E-state index in [4.69, 9.17) is 26.4 Å². The van der Waals surface area contributed by atoms with Crippen LogP contribution in [0.3, 0.4) is 0 Å². The lowest BCUT2D eigenvalue weighted by atomic mass is 9.87. The zero-order valence-electron chi connectivity index (χ0n) is 41.9. The minimum atomic E-state index is -1.50. The van der Waals surface area contributed by atoms with Crippen LogP contribution in [0.2, 0.25) is 0 Å². The Hall–Kier alpha value is -5.06. The number of alkyl carbamates (subject to hydrolysis) is 1. The van der Waals surface area contributed by atoms with Crippen LogP contribution in [0.25, 0.3) is 11.1 Å². The maximum Gasteiger partial charge on any atom is 0.408 e. The average Bonchev–Trinajstić information content (AvgIpc) is 4.11. The smallest absolute Gasteiger partial charge is 0.408 e. The molecule has 1 aliphatic heterocycles. The summed E-state index contributed by atoms with van der Waals surface area (Å²) in [5.41, 5.74) is 4.04. The van der Waals surface area contributed by atoms with E-state index in [1.807, 2.05) is 90.7 Å². The summed E-state index contributed by atoms with van der Waals surface area (Å²) >= 11 is 7.67. The van der Waals surface area contributed by atoms with E-state index in [9.17, 15) is 19.2 Å². The van der Waals surface area contributed by atoms with Gasteiger partial charge < -0.3 is 29.7 Å². The van der Waals surface area contributed by atoms with Crippen LogP contribution in [0, 0.1) is 17.8 Å². The SMILES string of the molecule is CC[C@H](C)[C@@H]([C@@H](CC(=O)N1CCC[C@H]1[C@H](OC)[C@@H](C)C(=S)N[C@@H](Cc1ccccc1)c1nccs1)OC)N(C)[C@H](C(=O)NC(=O)C(C)(C)NC(=O)OCC1c2ccccc2-c2ccccc21)C(C)C. The summed E-state index contributed by atoms with van der Waals surface area (Å²) in [5.74, 6) is -1.87. The molecule has 3 N–H and O–H groups in total. The van der Waals surface area contributed by atoms with E-state index in [-0.39, 0.29) is 66.8 Å². The fraction of sp³-hybridized carbons (Fsp3) is 0.519. The van der Waals surface area contributed by atoms with Crippen LogP contribution in [0.15, 0.2) is 90.4 Å². The number of carbonyl (C=O) groups is 4. The van der Waals surface area contributed by atoms with Gasteiger partial charge in [-0.05, 0) is 79.8 Å². The maximum absolute atomic E-state index is 14.6. The van der Waals surface area contributed by atoms with Crippen molar-refractivity contribution < 1.29 is 33.4 Å². The van der Waals surface area contributed by atoms with E-state index in [0.717, 1.165) is 46.5 Å². The van der Waals surface area contributed by atoms with Crippen molar-refractivity contribution in [2.45, 2.75) is 128 Å². The van der Waals surface area contributed by atoms with Crippen LogP contribution in [-0.4, -0.2) is 114 Å². The Balaban J connectivity index is 1.09. The molecule has 0 bridgehead atoms. The molecule has 0 spiro atoms. The Bertz CT molecular complexity index is 2320. The molecule has 4 aromatic rings. The molecule has 0 radical (unpaired) electrons. The van der Waals surface area contributed by atoms with Crippen molar-refractivity contribution in [3.8, 4) is 11.1 Å². The van der Waals surface area contributed by atoms with Crippen LogP contribution >= 0.6 is 23.6 Å². The standard InChI is InChI=1S/C54H72N6O7S2/c1-11-34(4)47(44(65-9)31-45(61)60-28-19-26-43(60)48(66-10)35(5)50(68)56-42(51-55-27-29-69-51)30-36-20-13-12-14-21-36)59(8)46(33(2)3)49(62)57-52(63)54(6,7)58-53(64)67-32-41-39-24-17-15-22-37(39)38-23-16-18-25-40(38)41/h12-18,20-25,27,29,33-35,41-44,46-48H,11,19,26,28,30-32H2,1-10H3,(H,56,68)(H,58,64)(H,57,62,63)/t34-,35+,42-,43-,44+,46-,47-,48+/m0/s1. The van der Waals surface area contributed by atoms with Crippen molar-refractivity contribution in [1.29, 1.82) is 0 Å². The Morgan fingerprint density at radius 1 is 0.928 bits per heavy atom. The molecule has 1 saturated heterocycles. The highest BCUT2D eigenvalue weighted by atomic mass is 32.1. The lowest BCUT2D eigenvalue weighted by molar-refractivity contribution is -0.141. The maximum atomic E-state index is 14.6. The number of likely N-dealkylation sites (tertiary alicyclic amines) is 1. The minimum absolute atomic E-state index is 0.00425. The number of ether oxygens (including phenoxy) is 3. The molecule has 13 nitrogen and oxygen atoms in total. The van der Waals surface area contributed by atoms with E-state index >= 15 is 0 Å². The number of benzene rings is 3. The number of rotatable bonds is 22. The quantitative estimate of drug-likeness (QED) is 0.0649. The Kier molecular flexibility index (Phi) is 18.7. The molecular weight excluding hydrogens is 909 g/mol. The fourth-order valence-electron chi connectivity index (χ4n) is 10.4. The van der Waals surface area contributed by atoms with Crippen molar-refractivity contribution >= 4 is 52.4 Å². The van der Waals surface area contributed by atoms with Crippen molar-refractivity contribution in [3.05, 3.63) is 112 Å². The molecule has 372 valence electrons. The van der Waals surface area contributed by atoms with Crippen LogP contribution in [0.1, 0.15) is 108 Å². The van der Waals surface area contributed by atoms with E-state index in [2.05, 4.69) is 66.0 Å². The highest BCUT2D eigenvalue weighted by molar-refractivity contribution is 7.80. The van der Waals surface area contributed by atoms with Crippen LogP contribution in [0.5, 0.6) is 0 Å². The summed E-state index contributed by atoms with van der Waals surface area (Å²) in [4.78, 5) is 65.1. The van der Waals surface area contributed by atoms with Crippen molar-refractivity contribution in [2.24, 2.45) is 17.8 Å². The Labute approximate surface area is 418 Å². The molecule has 15 heteroatoms. The van der Waals surface area contributed by atoms with Gasteiger partial charge in [0.25, 0.3) is 5.91 Å². The first-order chi connectivity index (χ1) is 33.0. The third kappa shape index (κ3) is 12.6. The second-order valence-electron chi connectivity index (χ2n) is 19.5. The summed E-state index contributed by atoms with van der Waals surface area (Å²) in [6, 6.07) is 24.9. The van der Waals surface area contributed by atoms with Gasteiger partial charge in [0.1, 0.15) is 17.2 Å². The van der Waals surface area contributed by atoms with Crippen LogP contribution in [0.4, 0.5) is 4.79 Å². The van der Waals surface area contributed by atoms with Crippen LogP contribution < -0.4 is 16.0 Å². The molecule has 2 aliphatic rings. The van der Waals surface area contributed by atoms with E-state index < -0.39 is 35.6 Å². The predicted octanol–water partition coefficient (Wildman–Crippen LogP) is 8.72. The summed E-state index contributed by atoms with van der Waals surface area (Å²) < 4.78 is 18.1. The van der Waals surface area contributed by atoms with Crippen molar-refractivity contribution in [1.82, 2.24) is 30.7 Å². The third-order valence-corrected chi connectivity index (χ3v) is 15.6. The number of fused-ring (bicyclic) bond motifs is 3. The molecule has 1 aromatic heterocycles. The van der Waals surface area contributed by atoms with E-state index in [1.165, 1.54) is 19.4 Å². The molecule has 69 heavy (non-hydrogen) atoms. The summed E-state index contributed by atoms with van der Waals surface area (Å²) in [7, 11) is 5.14. The van der Waals surface area contributed by atoms with Gasteiger partial charge >= 0.3 is 6.09 Å². The van der Waals surface area contributed by atoms with Gasteiger partial charge in [-0.1, -0.05) is 132 Å². The zero-order chi connectivity index (χ0) is 50.0. The number of likely N-dealkylation sites (N-methyl/N-ethyl adjacent to an activating group) is 1. The largest absolute Gasteiger partial charge is 0.449 e. The molecule has 1 fully saturated rings. The number of imide groups is 1. The third-order valence-electron chi connectivity index (χ3n) is 14.2. The Morgan fingerprint density at radius 3 is 2.14 bits per heavy atom. The molecular formula is C54H72N6O7S2. The number of thiocarbonyl (C=S) groups is 1. The minimum Gasteiger partial charge on any atom is -0.449 e. The number of hydrogen-bond acceptors (Lipinski definition) is 11. The number of carbonyl (C=O) groups excluding carboxylic acids is 4. The molecule has 1 aliphatic carbocycles. The normalized spacial score (nSPS) is 17.8. The van der Waals surface area contributed by atoms with Crippen molar-refractivity contribution in [2.75, 3.05) is 34.4 Å². The molecule has 0 unspecified atom stereocenters. The van der Waals surface area contributed by atoms with Gasteiger partial charge in [-0.25, -0.2) is 9.78 Å². The number of nitrogens with one attached hydrogen (secondary N) is 3. The molecule has 4 amide bonds. The second-order valence-corrected chi connectivity index (χ2v) is 20.9. The number of amides is 4. The van der Waals surface area contributed by atoms with E-state index in [0.29, 0.717) is 18.0 Å². The van der Waals surface area contributed by atoms with Gasteiger partial charge in [0.2, 0.25) is 11.8 Å². The van der Waals surface area contributed by atoms with Gasteiger partial charge in [0.05, 0.1) is 41.7 Å². The molecule has 3 aromatic carbocycles. The van der Waals surface area contributed by atoms with Gasteiger partial charge in [0, 0.05) is 50.2 Å². The van der Waals surface area contributed by atoms with Crippen LogP contribution in [-0.2, 0) is 35.0 Å². The first kappa shape index (κ1) is 53.3. The van der Waals surface area contributed by atoms with Gasteiger partial charge in [-0.3, -0.25) is 24.6 Å². The second kappa shape index (κ2) is 24.2. The molecule has 6 rings (SSSR count). The topological polar surface area (TPSA) is 151 Å². The van der Waals surface area contributed by atoms with Crippen molar-refractivity contribution in [3.63, 3.8) is 0 Å². The van der Waals surface area contributed by atoms with Gasteiger partial charge in [0.15, 0.2) is 0 Å². The number of nitrogens with zero attached hydrogens (tertiary/aromatic N) is 3. The Morgan fingerprint density at radius 2 is 1.57 bits per heavy atom. The number of hydrogen-bond donors (Lipinski definition) is 3. The first-order valence-electron chi connectivity index (χ1n) is 24.3. The highest BCUT2D eigenvalue weighted by Crippen LogP contribution is 2.44. The number of aromatic nitrogens is 1.